The Balaban J connectivity index is 2.37. The summed E-state index contributed by atoms with van der Waals surface area (Å²) in [4.78, 5) is 24.8. The van der Waals surface area contributed by atoms with Crippen molar-refractivity contribution in [2.45, 2.75) is 45.1 Å². The number of nitrogens with zero attached hydrogens (tertiary/aromatic N) is 1. The van der Waals surface area contributed by atoms with Crippen LogP contribution in [0.15, 0.2) is 0 Å². The zero-order valence-electron chi connectivity index (χ0n) is 9.67. The van der Waals surface area contributed by atoms with Gasteiger partial charge in [0.1, 0.15) is 0 Å². The zero-order valence-corrected chi connectivity index (χ0v) is 10.4. The van der Waals surface area contributed by atoms with Gasteiger partial charge in [-0.2, -0.15) is 0 Å². The van der Waals surface area contributed by atoms with Gasteiger partial charge in [-0.15, -0.1) is 11.6 Å². The van der Waals surface area contributed by atoms with Crippen LogP contribution in [-0.2, 0) is 4.79 Å². The van der Waals surface area contributed by atoms with E-state index in [1.54, 1.807) is 4.90 Å². The Labute approximate surface area is 101 Å². The third kappa shape index (κ3) is 4.39. The van der Waals surface area contributed by atoms with Crippen molar-refractivity contribution in [3.63, 3.8) is 0 Å². The molecule has 3 amide bonds. The molecule has 0 radical (unpaired) electrons. The third-order valence-electron chi connectivity index (χ3n) is 2.57. The maximum Gasteiger partial charge on any atom is 0.324 e. The number of imide groups is 1. The van der Waals surface area contributed by atoms with Gasteiger partial charge in [0, 0.05) is 24.9 Å². The fourth-order valence-corrected chi connectivity index (χ4v) is 1.68. The second-order valence-electron chi connectivity index (χ2n) is 4.07. The Morgan fingerprint density at radius 1 is 1.44 bits per heavy atom. The molecule has 0 aromatic heterocycles. The highest BCUT2D eigenvalue weighted by molar-refractivity contribution is 6.19. The lowest BCUT2D eigenvalue weighted by molar-refractivity contribution is -0.119. The number of amides is 3. The summed E-state index contributed by atoms with van der Waals surface area (Å²) in [7, 11) is 0. The summed E-state index contributed by atoms with van der Waals surface area (Å²) in [5.41, 5.74) is 0. The van der Waals surface area contributed by atoms with Crippen LogP contribution in [0, 0.1) is 0 Å². The van der Waals surface area contributed by atoms with E-state index in [1.165, 1.54) is 0 Å². The fourth-order valence-electron chi connectivity index (χ4n) is 1.50. The molecule has 1 fully saturated rings. The van der Waals surface area contributed by atoms with E-state index in [1.807, 2.05) is 0 Å². The monoisotopic (exact) mass is 246 g/mol. The van der Waals surface area contributed by atoms with Crippen LogP contribution in [-0.4, -0.2) is 35.3 Å². The molecule has 1 aliphatic rings. The van der Waals surface area contributed by atoms with E-state index in [4.69, 9.17) is 11.6 Å². The largest absolute Gasteiger partial charge is 0.324 e. The minimum atomic E-state index is -0.290. The number of hydrogen-bond donors (Lipinski definition) is 1. The normalized spacial score (nSPS) is 14.6. The van der Waals surface area contributed by atoms with Crippen LogP contribution in [0.3, 0.4) is 0 Å². The van der Waals surface area contributed by atoms with Crippen molar-refractivity contribution in [3.8, 4) is 0 Å². The minimum Gasteiger partial charge on any atom is -0.321 e. The van der Waals surface area contributed by atoms with E-state index < -0.39 is 0 Å². The number of unbranched alkanes of at least 4 members (excludes halogenated alkanes) is 1. The lowest BCUT2D eigenvalue weighted by Gasteiger charge is -2.21. The molecule has 0 aliphatic heterocycles. The summed E-state index contributed by atoms with van der Waals surface area (Å²) in [5.74, 6) is -0.0422. The van der Waals surface area contributed by atoms with Gasteiger partial charge < -0.3 is 4.90 Å². The van der Waals surface area contributed by atoms with Gasteiger partial charge in [0.15, 0.2) is 0 Å². The van der Waals surface area contributed by atoms with E-state index >= 15 is 0 Å². The first kappa shape index (κ1) is 13.3. The maximum atomic E-state index is 11.8. The van der Waals surface area contributed by atoms with E-state index in [2.05, 4.69) is 12.2 Å². The average molecular weight is 247 g/mol. The molecule has 4 nitrogen and oxygen atoms in total. The molecule has 92 valence electrons. The van der Waals surface area contributed by atoms with Crippen LogP contribution >= 0.6 is 11.6 Å². The summed E-state index contributed by atoms with van der Waals surface area (Å²) in [6.07, 6.45) is 4.33. The van der Waals surface area contributed by atoms with Gasteiger partial charge in [0.25, 0.3) is 0 Å². The van der Waals surface area contributed by atoms with Crippen molar-refractivity contribution in [3.05, 3.63) is 0 Å². The first-order chi connectivity index (χ1) is 7.69. The molecular formula is C11H19ClN2O2. The Morgan fingerprint density at radius 3 is 2.62 bits per heavy atom. The van der Waals surface area contributed by atoms with E-state index in [-0.39, 0.29) is 24.2 Å². The van der Waals surface area contributed by atoms with Crippen molar-refractivity contribution in [2.24, 2.45) is 0 Å². The Morgan fingerprint density at radius 2 is 2.12 bits per heavy atom. The molecule has 0 saturated heterocycles. The highest BCUT2D eigenvalue weighted by Crippen LogP contribution is 2.27. The van der Waals surface area contributed by atoms with Crippen LogP contribution in [0.5, 0.6) is 0 Å². The van der Waals surface area contributed by atoms with Gasteiger partial charge in [-0.3, -0.25) is 10.1 Å². The first-order valence-corrected chi connectivity index (χ1v) is 6.39. The second-order valence-corrected chi connectivity index (χ2v) is 4.45. The molecular weight excluding hydrogens is 228 g/mol. The number of nitrogens with one attached hydrogen (secondary N) is 1. The number of alkyl halides is 1. The molecule has 0 aromatic rings. The first-order valence-electron chi connectivity index (χ1n) is 5.85. The standard InChI is InChI=1S/C11H19ClN2O2/c1-2-3-8-14(9-4-5-9)11(16)13-10(15)6-7-12/h9H,2-8H2,1H3,(H,13,15,16). The van der Waals surface area contributed by atoms with Crippen molar-refractivity contribution in [1.29, 1.82) is 0 Å². The molecule has 0 unspecified atom stereocenters. The van der Waals surface area contributed by atoms with Crippen LogP contribution in [0.1, 0.15) is 39.0 Å². The molecule has 0 heterocycles. The quantitative estimate of drug-likeness (QED) is 0.730. The van der Waals surface area contributed by atoms with Gasteiger partial charge >= 0.3 is 6.03 Å². The summed E-state index contributed by atoms with van der Waals surface area (Å²) >= 11 is 5.43. The topological polar surface area (TPSA) is 49.4 Å². The molecule has 1 N–H and O–H groups in total. The van der Waals surface area contributed by atoms with Gasteiger partial charge in [-0.05, 0) is 19.3 Å². The lowest BCUT2D eigenvalue weighted by atomic mass is 10.3. The molecule has 5 heteroatoms. The van der Waals surface area contributed by atoms with Crippen LogP contribution in [0.2, 0.25) is 0 Å². The van der Waals surface area contributed by atoms with E-state index in [9.17, 15) is 9.59 Å². The number of urea groups is 1. The summed E-state index contributed by atoms with van der Waals surface area (Å²) in [6.45, 7) is 2.82. The molecule has 0 bridgehead atoms. The summed E-state index contributed by atoms with van der Waals surface area (Å²) in [5, 5.41) is 2.37. The highest BCUT2D eigenvalue weighted by atomic mass is 35.5. The minimum absolute atomic E-state index is 0.194. The summed E-state index contributed by atoms with van der Waals surface area (Å²) < 4.78 is 0. The number of halogens is 1. The molecule has 0 aromatic carbocycles. The number of carbonyl (C=O) groups is 2. The predicted molar refractivity (Wildman–Crippen MR) is 63.5 cm³/mol. The Bertz CT molecular complexity index is 254. The highest BCUT2D eigenvalue weighted by Gasteiger charge is 2.32. The van der Waals surface area contributed by atoms with Crippen molar-refractivity contribution in [2.75, 3.05) is 12.4 Å². The lowest BCUT2D eigenvalue weighted by Crippen LogP contribution is -2.44. The maximum absolute atomic E-state index is 11.8. The molecule has 0 spiro atoms. The summed E-state index contributed by atoms with van der Waals surface area (Å²) in [6, 6.07) is 0.0846. The van der Waals surface area contributed by atoms with Crippen LogP contribution in [0.4, 0.5) is 4.79 Å². The van der Waals surface area contributed by atoms with Gasteiger partial charge in [0.05, 0.1) is 0 Å². The molecule has 1 aliphatic carbocycles. The SMILES string of the molecule is CCCCN(C(=O)NC(=O)CCCl)C1CC1. The second kappa shape index (κ2) is 6.74. The molecule has 1 rings (SSSR count). The van der Waals surface area contributed by atoms with Crippen LogP contribution in [0.25, 0.3) is 0 Å². The number of rotatable bonds is 6. The molecule has 1 saturated carbocycles. The van der Waals surface area contributed by atoms with Crippen molar-refractivity contribution >= 4 is 23.5 Å². The molecule has 16 heavy (non-hydrogen) atoms. The third-order valence-corrected chi connectivity index (χ3v) is 2.76. The van der Waals surface area contributed by atoms with E-state index in [0.717, 1.165) is 32.2 Å². The Hall–Kier alpha value is -0.770. The van der Waals surface area contributed by atoms with E-state index in [0.29, 0.717) is 6.04 Å². The van der Waals surface area contributed by atoms with Gasteiger partial charge in [-0.25, -0.2) is 4.79 Å². The number of hydrogen-bond acceptors (Lipinski definition) is 2. The average Bonchev–Trinajstić information content (AvgIpc) is 3.02. The van der Waals surface area contributed by atoms with Crippen molar-refractivity contribution < 1.29 is 9.59 Å². The predicted octanol–water partition coefficient (Wildman–Crippen LogP) is 2.12. The van der Waals surface area contributed by atoms with Crippen molar-refractivity contribution in [1.82, 2.24) is 10.2 Å². The van der Waals surface area contributed by atoms with Crippen LogP contribution < -0.4 is 5.32 Å². The molecule has 0 atom stereocenters. The smallest absolute Gasteiger partial charge is 0.321 e. The van der Waals surface area contributed by atoms with Gasteiger partial charge in [0.2, 0.25) is 5.91 Å². The number of carbonyl (C=O) groups excluding carboxylic acids is 2. The fraction of sp³-hybridized carbons (Fsp3) is 0.818. The van der Waals surface area contributed by atoms with Gasteiger partial charge in [-0.1, -0.05) is 13.3 Å². The Kier molecular flexibility index (Phi) is 5.60. The zero-order chi connectivity index (χ0) is 12.0.